The highest BCUT2D eigenvalue weighted by molar-refractivity contribution is 6.31. The summed E-state index contributed by atoms with van der Waals surface area (Å²) in [5, 5.41) is 20.7. The van der Waals surface area contributed by atoms with E-state index in [9.17, 15) is 0 Å². The predicted molar refractivity (Wildman–Crippen MR) is 70.2 cm³/mol. The highest BCUT2D eigenvalue weighted by Gasteiger charge is 2.11. The lowest BCUT2D eigenvalue weighted by atomic mass is 10.2. The molecule has 0 aliphatic carbocycles. The Hall–Kier alpha value is -2.63. The normalized spacial score (nSPS) is 9.42. The van der Waals surface area contributed by atoms with Crippen LogP contribution in [0.4, 0.5) is 5.82 Å². The Balaban J connectivity index is 2.22. The SMILES string of the molecule is N#Cc1nc(Cl)c(NCc2ccccc2)nc1C#N. The van der Waals surface area contributed by atoms with Crippen LogP contribution in [-0.2, 0) is 6.54 Å². The van der Waals surface area contributed by atoms with Crippen LogP contribution < -0.4 is 5.32 Å². The molecule has 92 valence electrons. The van der Waals surface area contributed by atoms with Gasteiger partial charge in [-0.3, -0.25) is 0 Å². The minimum atomic E-state index is -0.0715. The molecule has 0 spiro atoms. The van der Waals surface area contributed by atoms with Crippen molar-refractivity contribution in [2.75, 3.05) is 5.32 Å². The number of benzene rings is 1. The zero-order chi connectivity index (χ0) is 13.7. The largest absolute Gasteiger partial charge is 0.363 e. The molecule has 5 nitrogen and oxygen atoms in total. The fourth-order valence-corrected chi connectivity index (χ4v) is 1.66. The summed E-state index contributed by atoms with van der Waals surface area (Å²) in [6.07, 6.45) is 0. The molecule has 0 saturated carbocycles. The summed E-state index contributed by atoms with van der Waals surface area (Å²) >= 11 is 5.91. The third kappa shape index (κ3) is 2.98. The van der Waals surface area contributed by atoms with Gasteiger partial charge in [0.1, 0.15) is 12.1 Å². The van der Waals surface area contributed by atoms with Gasteiger partial charge in [0.25, 0.3) is 0 Å². The fourth-order valence-electron chi connectivity index (χ4n) is 1.46. The molecule has 1 aromatic carbocycles. The second kappa shape index (κ2) is 5.81. The molecule has 0 fully saturated rings. The summed E-state index contributed by atoms with van der Waals surface area (Å²) in [5.41, 5.74) is 0.934. The van der Waals surface area contributed by atoms with Gasteiger partial charge in [-0.1, -0.05) is 41.9 Å². The van der Waals surface area contributed by atoms with Gasteiger partial charge in [-0.15, -0.1) is 0 Å². The fraction of sp³-hybridized carbons (Fsp3) is 0.0769. The summed E-state index contributed by atoms with van der Waals surface area (Å²) in [5.74, 6) is 0.293. The second-order valence-corrected chi connectivity index (χ2v) is 3.98. The van der Waals surface area contributed by atoms with Crippen molar-refractivity contribution in [2.24, 2.45) is 0 Å². The molecule has 0 saturated heterocycles. The zero-order valence-electron chi connectivity index (χ0n) is 9.76. The lowest BCUT2D eigenvalue weighted by Gasteiger charge is -2.07. The Labute approximate surface area is 115 Å². The molecule has 19 heavy (non-hydrogen) atoms. The minimum Gasteiger partial charge on any atom is -0.363 e. The van der Waals surface area contributed by atoms with Crippen molar-refractivity contribution in [1.29, 1.82) is 10.5 Å². The molecule has 6 heteroatoms. The Morgan fingerprint density at radius 3 is 2.32 bits per heavy atom. The lowest BCUT2D eigenvalue weighted by molar-refractivity contribution is 1.06. The van der Waals surface area contributed by atoms with Gasteiger partial charge in [-0.05, 0) is 5.56 Å². The van der Waals surface area contributed by atoms with Crippen molar-refractivity contribution in [3.05, 3.63) is 52.4 Å². The van der Waals surface area contributed by atoms with E-state index < -0.39 is 0 Å². The molecule has 0 radical (unpaired) electrons. The molecule has 1 N–H and O–H groups in total. The van der Waals surface area contributed by atoms with E-state index in [4.69, 9.17) is 22.1 Å². The lowest BCUT2D eigenvalue weighted by Crippen LogP contribution is -2.06. The Bertz CT molecular complexity index is 670. The highest BCUT2D eigenvalue weighted by Crippen LogP contribution is 2.19. The van der Waals surface area contributed by atoms with Gasteiger partial charge >= 0.3 is 0 Å². The number of aromatic nitrogens is 2. The van der Waals surface area contributed by atoms with Crippen molar-refractivity contribution in [3.63, 3.8) is 0 Å². The van der Waals surface area contributed by atoms with Crippen LogP contribution in [0.2, 0.25) is 5.15 Å². The quantitative estimate of drug-likeness (QED) is 0.925. The van der Waals surface area contributed by atoms with Gasteiger partial charge in [-0.25, -0.2) is 9.97 Å². The number of anilines is 1. The first kappa shape index (κ1) is 12.8. The first-order valence-electron chi connectivity index (χ1n) is 5.40. The van der Waals surface area contributed by atoms with Crippen LogP contribution >= 0.6 is 11.6 Å². The predicted octanol–water partition coefficient (Wildman–Crippen LogP) is 2.49. The van der Waals surface area contributed by atoms with E-state index in [1.54, 1.807) is 6.07 Å². The average molecular weight is 270 g/mol. The summed E-state index contributed by atoms with van der Waals surface area (Å²) in [4.78, 5) is 7.82. The average Bonchev–Trinajstić information content (AvgIpc) is 2.46. The maximum atomic E-state index is 8.88. The van der Waals surface area contributed by atoms with Crippen molar-refractivity contribution < 1.29 is 0 Å². The van der Waals surface area contributed by atoms with E-state index >= 15 is 0 Å². The van der Waals surface area contributed by atoms with E-state index in [0.29, 0.717) is 12.4 Å². The summed E-state index contributed by atoms with van der Waals surface area (Å²) in [6.45, 7) is 0.506. The molecule has 0 bridgehead atoms. The van der Waals surface area contributed by atoms with Gasteiger partial charge in [0.05, 0.1) is 0 Å². The van der Waals surface area contributed by atoms with E-state index in [-0.39, 0.29) is 16.5 Å². The molecule has 2 aromatic rings. The summed E-state index contributed by atoms with van der Waals surface area (Å²) < 4.78 is 0. The Morgan fingerprint density at radius 1 is 1.05 bits per heavy atom. The first-order chi connectivity index (χ1) is 9.24. The van der Waals surface area contributed by atoms with Crippen LogP contribution in [-0.4, -0.2) is 9.97 Å². The third-order valence-electron chi connectivity index (χ3n) is 2.37. The second-order valence-electron chi connectivity index (χ2n) is 3.62. The number of hydrogen-bond donors (Lipinski definition) is 1. The van der Waals surface area contributed by atoms with E-state index in [1.807, 2.05) is 36.4 Å². The zero-order valence-corrected chi connectivity index (χ0v) is 10.5. The van der Waals surface area contributed by atoms with Gasteiger partial charge in [0.15, 0.2) is 22.4 Å². The summed E-state index contributed by atoms with van der Waals surface area (Å²) in [7, 11) is 0. The monoisotopic (exact) mass is 269 g/mol. The summed E-state index contributed by atoms with van der Waals surface area (Å²) in [6, 6.07) is 13.3. The molecule has 0 amide bonds. The van der Waals surface area contributed by atoms with Crippen LogP contribution in [0.1, 0.15) is 17.0 Å². The maximum Gasteiger partial charge on any atom is 0.179 e. The van der Waals surface area contributed by atoms with Crippen molar-refractivity contribution in [3.8, 4) is 12.1 Å². The standard InChI is InChI=1S/C13H8ClN5/c14-12-13(17-8-9-4-2-1-3-5-9)19-11(7-16)10(6-15)18-12/h1-5H,8H2,(H,17,19). The molecular weight excluding hydrogens is 262 g/mol. The van der Waals surface area contributed by atoms with Crippen molar-refractivity contribution in [2.45, 2.75) is 6.54 Å². The number of rotatable bonds is 3. The van der Waals surface area contributed by atoms with Gasteiger partial charge in [-0.2, -0.15) is 10.5 Å². The van der Waals surface area contributed by atoms with E-state index in [1.165, 1.54) is 0 Å². The molecule has 0 unspecified atom stereocenters. The smallest absolute Gasteiger partial charge is 0.179 e. The molecule has 2 rings (SSSR count). The molecular formula is C13H8ClN5. The van der Waals surface area contributed by atoms with Crippen LogP contribution in [0.15, 0.2) is 30.3 Å². The maximum absolute atomic E-state index is 8.88. The van der Waals surface area contributed by atoms with Crippen molar-refractivity contribution >= 4 is 17.4 Å². The first-order valence-corrected chi connectivity index (χ1v) is 5.78. The number of hydrogen-bond acceptors (Lipinski definition) is 5. The molecule has 0 aliphatic heterocycles. The molecule has 0 atom stereocenters. The Kier molecular flexibility index (Phi) is 3.92. The molecule has 1 aromatic heterocycles. The third-order valence-corrected chi connectivity index (χ3v) is 2.63. The topological polar surface area (TPSA) is 85.4 Å². The van der Waals surface area contributed by atoms with Gasteiger partial charge in [0.2, 0.25) is 0 Å². The molecule has 1 heterocycles. The number of halogens is 1. The van der Waals surface area contributed by atoms with Crippen LogP contribution in [0.5, 0.6) is 0 Å². The van der Waals surface area contributed by atoms with Crippen LogP contribution in [0, 0.1) is 22.7 Å². The minimum absolute atomic E-state index is 0.0394. The molecule has 0 aliphatic rings. The van der Waals surface area contributed by atoms with E-state index in [2.05, 4.69) is 15.3 Å². The number of nitrogens with one attached hydrogen (secondary N) is 1. The van der Waals surface area contributed by atoms with E-state index in [0.717, 1.165) is 5.56 Å². The van der Waals surface area contributed by atoms with Gasteiger partial charge in [0, 0.05) is 6.54 Å². The number of nitrogens with zero attached hydrogens (tertiary/aromatic N) is 4. The van der Waals surface area contributed by atoms with Gasteiger partial charge < -0.3 is 5.32 Å². The number of nitriles is 2. The highest BCUT2D eigenvalue weighted by atomic mass is 35.5. The van der Waals surface area contributed by atoms with Crippen LogP contribution in [0.25, 0.3) is 0 Å². The van der Waals surface area contributed by atoms with Crippen LogP contribution in [0.3, 0.4) is 0 Å². The van der Waals surface area contributed by atoms with Crippen molar-refractivity contribution in [1.82, 2.24) is 9.97 Å². The Morgan fingerprint density at radius 2 is 1.68 bits per heavy atom.